The maximum Gasteiger partial charge on any atom is 0.271 e. The summed E-state index contributed by atoms with van der Waals surface area (Å²) in [6.45, 7) is 1.66. The third-order valence-corrected chi connectivity index (χ3v) is 4.32. The van der Waals surface area contributed by atoms with Gasteiger partial charge in [-0.3, -0.25) is 10.1 Å². The van der Waals surface area contributed by atoms with E-state index < -0.39 is 4.92 Å². The van der Waals surface area contributed by atoms with Crippen LogP contribution in [0.4, 0.5) is 11.4 Å². The highest BCUT2D eigenvalue weighted by Crippen LogP contribution is 2.34. The number of benzene rings is 1. The minimum Gasteiger partial charge on any atom is -0.370 e. The van der Waals surface area contributed by atoms with Gasteiger partial charge in [0.1, 0.15) is 12.2 Å². The molecule has 0 N–H and O–H groups in total. The van der Waals surface area contributed by atoms with Crippen molar-refractivity contribution in [1.82, 2.24) is 14.8 Å². The second-order valence-electron chi connectivity index (χ2n) is 5.48. The Morgan fingerprint density at radius 2 is 2.27 bits per heavy atom. The van der Waals surface area contributed by atoms with Crippen molar-refractivity contribution < 1.29 is 4.92 Å². The van der Waals surface area contributed by atoms with Gasteiger partial charge in [0.2, 0.25) is 0 Å². The molecule has 0 bridgehead atoms. The number of nitro benzene ring substituents is 1. The predicted molar refractivity (Wildman–Crippen MR) is 83.3 cm³/mol. The Morgan fingerprint density at radius 3 is 2.91 bits per heavy atom. The van der Waals surface area contributed by atoms with E-state index in [2.05, 4.69) is 15.1 Å². The first-order chi connectivity index (χ1) is 10.6. The molecule has 22 heavy (non-hydrogen) atoms. The SMILES string of the molecule is Cn1cnnc1[C@@H]1CCCN(c2ccc([N+](=O)[O-])cc2Cl)C1. The highest BCUT2D eigenvalue weighted by molar-refractivity contribution is 6.33. The molecule has 116 valence electrons. The normalized spacial score (nSPS) is 18.5. The third kappa shape index (κ3) is 2.76. The molecule has 2 heterocycles. The zero-order valence-corrected chi connectivity index (χ0v) is 12.9. The molecule has 0 saturated carbocycles. The Labute approximate surface area is 132 Å². The number of non-ortho nitro benzene ring substituents is 1. The van der Waals surface area contributed by atoms with E-state index >= 15 is 0 Å². The van der Waals surface area contributed by atoms with Crippen LogP contribution in [0.1, 0.15) is 24.6 Å². The number of aryl methyl sites for hydroxylation is 1. The van der Waals surface area contributed by atoms with Gasteiger partial charge in [-0.05, 0) is 18.9 Å². The number of hydrogen-bond donors (Lipinski definition) is 0. The number of nitrogens with zero attached hydrogens (tertiary/aromatic N) is 5. The van der Waals surface area contributed by atoms with E-state index in [9.17, 15) is 10.1 Å². The van der Waals surface area contributed by atoms with E-state index in [1.54, 1.807) is 12.4 Å². The number of rotatable bonds is 3. The van der Waals surface area contributed by atoms with Crippen LogP contribution >= 0.6 is 11.6 Å². The van der Waals surface area contributed by atoms with E-state index in [0.717, 1.165) is 37.4 Å². The van der Waals surface area contributed by atoms with Gasteiger partial charge in [0.05, 0.1) is 15.6 Å². The lowest BCUT2D eigenvalue weighted by atomic mass is 9.96. The summed E-state index contributed by atoms with van der Waals surface area (Å²) in [6.07, 6.45) is 3.77. The van der Waals surface area contributed by atoms with Crippen LogP contribution in [-0.2, 0) is 7.05 Å². The summed E-state index contributed by atoms with van der Waals surface area (Å²) in [6, 6.07) is 4.62. The van der Waals surface area contributed by atoms with E-state index in [1.807, 2.05) is 11.6 Å². The van der Waals surface area contributed by atoms with Crippen LogP contribution in [0.15, 0.2) is 24.5 Å². The molecule has 1 atom stereocenters. The summed E-state index contributed by atoms with van der Waals surface area (Å²) in [4.78, 5) is 12.5. The van der Waals surface area contributed by atoms with E-state index in [0.29, 0.717) is 5.02 Å². The average Bonchev–Trinajstić information content (AvgIpc) is 2.93. The lowest BCUT2D eigenvalue weighted by Gasteiger charge is -2.34. The molecule has 1 aliphatic heterocycles. The largest absolute Gasteiger partial charge is 0.370 e. The Balaban J connectivity index is 1.83. The van der Waals surface area contributed by atoms with Gasteiger partial charge in [-0.1, -0.05) is 11.6 Å². The first-order valence-electron chi connectivity index (χ1n) is 7.09. The lowest BCUT2D eigenvalue weighted by Crippen LogP contribution is -2.35. The Kier molecular flexibility index (Phi) is 3.98. The molecule has 0 aliphatic carbocycles. The van der Waals surface area contributed by atoms with Crippen LogP contribution in [0.2, 0.25) is 5.02 Å². The number of hydrogen-bond acceptors (Lipinski definition) is 5. The van der Waals surface area contributed by atoms with Crippen molar-refractivity contribution in [2.24, 2.45) is 7.05 Å². The molecular weight excluding hydrogens is 306 g/mol. The summed E-state index contributed by atoms with van der Waals surface area (Å²) in [5, 5.41) is 19.3. The van der Waals surface area contributed by atoms with Crippen LogP contribution in [-0.4, -0.2) is 32.8 Å². The monoisotopic (exact) mass is 321 g/mol. The van der Waals surface area contributed by atoms with E-state index in [4.69, 9.17) is 11.6 Å². The lowest BCUT2D eigenvalue weighted by molar-refractivity contribution is -0.384. The Morgan fingerprint density at radius 1 is 1.45 bits per heavy atom. The summed E-state index contributed by atoms with van der Waals surface area (Å²) in [7, 11) is 1.94. The summed E-state index contributed by atoms with van der Waals surface area (Å²) in [5.41, 5.74) is 0.842. The number of halogens is 1. The van der Waals surface area contributed by atoms with Crippen molar-refractivity contribution in [3.05, 3.63) is 45.5 Å². The summed E-state index contributed by atoms with van der Waals surface area (Å²) >= 11 is 6.23. The zero-order valence-electron chi connectivity index (χ0n) is 12.1. The molecule has 0 spiro atoms. The highest BCUT2D eigenvalue weighted by Gasteiger charge is 2.26. The van der Waals surface area contributed by atoms with E-state index in [1.165, 1.54) is 12.1 Å². The molecule has 7 nitrogen and oxygen atoms in total. The second-order valence-corrected chi connectivity index (χ2v) is 5.89. The Bertz CT molecular complexity index is 702. The molecule has 1 saturated heterocycles. The molecule has 1 aromatic carbocycles. The fourth-order valence-corrected chi connectivity index (χ4v) is 3.23. The maximum absolute atomic E-state index is 10.8. The quantitative estimate of drug-likeness (QED) is 0.641. The molecule has 1 aromatic heterocycles. The van der Waals surface area contributed by atoms with Crippen molar-refractivity contribution in [1.29, 1.82) is 0 Å². The molecule has 2 aromatic rings. The van der Waals surface area contributed by atoms with Crippen molar-refractivity contribution in [2.75, 3.05) is 18.0 Å². The van der Waals surface area contributed by atoms with Crippen molar-refractivity contribution in [3.8, 4) is 0 Å². The first-order valence-corrected chi connectivity index (χ1v) is 7.47. The maximum atomic E-state index is 10.8. The second kappa shape index (κ2) is 5.92. The van der Waals surface area contributed by atoms with Gasteiger partial charge >= 0.3 is 0 Å². The molecule has 0 unspecified atom stereocenters. The topological polar surface area (TPSA) is 77.1 Å². The van der Waals surface area contributed by atoms with Gasteiger partial charge in [-0.25, -0.2) is 0 Å². The standard InChI is InChI=1S/C14H16ClN5O2/c1-18-9-16-17-14(18)10-3-2-6-19(8-10)13-5-4-11(20(21)22)7-12(13)15/h4-5,7,9-10H,2-3,6,8H2,1H3/t10-/m1/s1. The smallest absolute Gasteiger partial charge is 0.271 e. The van der Waals surface area contributed by atoms with Crippen LogP contribution < -0.4 is 4.90 Å². The molecule has 0 amide bonds. The number of anilines is 1. The van der Waals surface area contributed by atoms with E-state index in [-0.39, 0.29) is 11.6 Å². The molecule has 1 aliphatic rings. The molecule has 3 rings (SSSR count). The van der Waals surface area contributed by atoms with Gasteiger partial charge in [0, 0.05) is 38.2 Å². The average molecular weight is 322 g/mol. The zero-order chi connectivity index (χ0) is 15.7. The fraction of sp³-hybridized carbons (Fsp3) is 0.429. The van der Waals surface area contributed by atoms with Gasteiger partial charge in [0.15, 0.2) is 0 Å². The fourth-order valence-electron chi connectivity index (χ4n) is 2.93. The molecule has 8 heteroatoms. The van der Waals surface area contributed by atoms with Gasteiger partial charge in [0.25, 0.3) is 5.69 Å². The van der Waals surface area contributed by atoms with Crippen LogP contribution in [0.25, 0.3) is 0 Å². The van der Waals surface area contributed by atoms with Crippen molar-refractivity contribution in [2.45, 2.75) is 18.8 Å². The number of nitro groups is 1. The minimum atomic E-state index is -0.436. The predicted octanol–water partition coefficient (Wildman–Crippen LogP) is 2.76. The molecular formula is C14H16ClN5O2. The van der Waals surface area contributed by atoms with Crippen molar-refractivity contribution >= 4 is 23.0 Å². The van der Waals surface area contributed by atoms with Crippen molar-refractivity contribution in [3.63, 3.8) is 0 Å². The van der Waals surface area contributed by atoms with Crippen LogP contribution in [0.5, 0.6) is 0 Å². The number of aromatic nitrogens is 3. The van der Waals surface area contributed by atoms with Crippen LogP contribution in [0, 0.1) is 10.1 Å². The third-order valence-electron chi connectivity index (χ3n) is 4.02. The summed E-state index contributed by atoms with van der Waals surface area (Å²) < 4.78 is 1.94. The van der Waals surface area contributed by atoms with Gasteiger partial charge in [-0.2, -0.15) is 0 Å². The number of piperidine rings is 1. The van der Waals surface area contributed by atoms with Gasteiger partial charge < -0.3 is 9.47 Å². The molecule has 1 fully saturated rings. The Hall–Kier alpha value is -2.15. The molecule has 0 radical (unpaired) electrons. The van der Waals surface area contributed by atoms with Crippen LogP contribution in [0.3, 0.4) is 0 Å². The highest BCUT2D eigenvalue weighted by atomic mass is 35.5. The minimum absolute atomic E-state index is 0.00982. The summed E-state index contributed by atoms with van der Waals surface area (Å²) in [5.74, 6) is 1.25. The van der Waals surface area contributed by atoms with Gasteiger partial charge in [-0.15, -0.1) is 10.2 Å². The first kappa shape index (κ1) is 14.8.